The highest BCUT2D eigenvalue weighted by Crippen LogP contribution is 2.40. The normalized spacial score (nSPS) is 11.6. The minimum Gasteiger partial charge on any atom is -0.311 e. The lowest BCUT2D eigenvalue weighted by Crippen LogP contribution is -2.09. The lowest BCUT2D eigenvalue weighted by Gasteiger charge is -2.26. The van der Waals surface area contributed by atoms with Crippen LogP contribution in [-0.4, -0.2) is 14.5 Å². The van der Waals surface area contributed by atoms with Crippen molar-refractivity contribution in [1.29, 1.82) is 0 Å². The van der Waals surface area contributed by atoms with Crippen LogP contribution < -0.4 is 4.90 Å². The number of aromatic nitrogens is 3. The van der Waals surface area contributed by atoms with Gasteiger partial charge in [-0.25, -0.2) is 4.98 Å². The molecule has 4 heteroatoms. The Kier molecular flexibility index (Phi) is 8.12. The lowest BCUT2D eigenvalue weighted by atomic mass is 9.99. The molecule has 2 aromatic heterocycles. The van der Waals surface area contributed by atoms with Gasteiger partial charge in [0.2, 0.25) is 0 Å². The first-order valence-electron chi connectivity index (χ1n) is 20.2. The highest BCUT2D eigenvalue weighted by atomic mass is 15.1. The molecule has 0 fully saturated rings. The third-order valence-corrected chi connectivity index (χ3v) is 11.9. The number of nitrogens with zero attached hydrogens (tertiary/aromatic N) is 4. The molecule has 0 saturated heterocycles. The topological polar surface area (TPSA) is 34.0 Å². The highest BCUT2D eigenvalue weighted by molar-refractivity contribution is 6.23. The van der Waals surface area contributed by atoms with Crippen molar-refractivity contribution in [2.45, 2.75) is 20.8 Å². The van der Waals surface area contributed by atoms with Crippen molar-refractivity contribution in [2.24, 2.45) is 0 Å². The summed E-state index contributed by atoms with van der Waals surface area (Å²) >= 11 is 0. The smallest absolute Gasteiger partial charge is 0.0979 e. The second kappa shape index (κ2) is 13.8. The van der Waals surface area contributed by atoms with Gasteiger partial charge >= 0.3 is 0 Å². The van der Waals surface area contributed by atoms with Crippen molar-refractivity contribution in [3.8, 4) is 28.1 Å². The van der Waals surface area contributed by atoms with Crippen LogP contribution in [0.1, 0.15) is 16.7 Å². The molecule has 0 radical (unpaired) electrons. The molecule has 0 aliphatic carbocycles. The van der Waals surface area contributed by atoms with E-state index in [1.54, 1.807) is 0 Å². The first-order valence-corrected chi connectivity index (χ1v) is 20.2. The Bertz CT molecular complexity index is 3340. The van der Waals surface area contributed by atoms with Crippen molar-refractivity contribution in [3.63, 3.8) is 0 Å². The molecular formula is C55H40N4. The van der Waals surface area contributed by atoms with Gasteiger partial charge in [-0.1, -0.05) is 133 Å². The van der Waals surface area contributed by atoms with E-state index in [1.807, 2.05) is 6.20 Å². The van der Waals surface area contributed by atoms with Crippen LogP contribution in [0.15, 0.2) is 188 Å². The number of hydrogen-bond donors (Lipinski definition) is 0. The first kappa shape index (κ1) is 34.7. The molecular weight excluding hydrogens is 717 g/mol. The fourth-order valence-electron chi connectivity index (χ4n) is 9.29. The highest BCUT2D eigenvalue weighted by Gasteiger charge is 2.18. The summed E-state index contributed by atoms with van der Waals surface area (Å²) in [6.45, 7) is 6.62. The number of hydrogen-bond acceptors (Lipinski definition) is 3. The van der Waals surface area contributed by atoms with E-state index in [1.165, 1.54) is 66.1 Å². The Morgan fingerprint density at radius 2 is 0.915 bits per heavy atom. The molecule has 0 unspecified atom stereocenters. The molecule has 0 aliphatic heterocycles. The minimum absolute atomic E-state index is 0.851. The molecule has 0 amide bonds. The van der Waals surface area contributed by atoms with Crippen molar-refractivity contribution in [2.75, 3.05) is 4.90 Å². The molecule has 0 bridgehead atoms. The Balaban J connectivity index is 0.958. The van der Waals surface area contributed by atoms with Gasteiger partial charge in [-0.15, -0.1) is 0 Å². The molecule has 0 N–H and O–H groups in total. The number of fused-ring (bicyclic) bond motifs is 9. The zero-order valence-corrected chi connectivity index (χ0v) is 33.2. The quantitative estimate of drug-likeness (QED) is 0.158. The predicted molar refractivity (Wildman–Crippen MR) is 249 cm³/mol. The van der Waals surface area contributed by atoms with Crippen LogP contribution in [-0.2, 0) is 0 Å². The third-order valence-electron chi connectivity index (χ3n) is 11.9. The van der Waals surface area contributed by atoms with E-state index in [9.17, 15) is 0 Å². The Hall–Kier alpha value is -7.56. The average molecular weight is 757 g/mol. The molecule has 280 valence electrons. The lowest BCUT2D eigenvalue weighted by molar-refractivity contribution is 1.11. The van der Waals surface area contributed by atoms with Crippen LogP contribution in [0.3, 0.4) is 0 Å². The summed E-state index contributed by atoms with van der Waals surface area (Å²) in [5.74, 6) is 0. The van der Waals surface area contributed by atoms with Crippen molar-refractivity contribution < 1.29 is 0 Å². The SMILES string of the molecule is Cc1cc(C)c(-n2c3ccccc3c3cc(-c4ccc(N(c5ccccc5)c5ccc(-c6cnc7c8ccccc8c8ccccc8c7n6)cc5)cc4)ccc32)c(C)c1. The molecule has 4 nitrogen and oxygen atoms in total. The number of anilines is 3. The van der Waals surface area contributed by atoms with Gasteiger partial charge in [0.1, 0.15) is 0 Å². The van der Waals surface area contributed by atoms with Gasteiger partial charge in [-0.05, 0) is 108 Å². The van der Waals surface area contributed by atoms with E-state index in [2.05, 4.69) is 212 Å². The average Bonchev–Trinajstić information content (AvgIpc) is 3.60. The van der Waals surface area contributed by atoms with Gasteiger partial charge in [-0.3, -0.25) is 4.98 Å². The third kappa shape index (κ3) is 5.75. The van der Waals surface area contributed by atoms with E-state index in [-0.39, 0.29) is 0 Å². The summed E-state index contributed by atoms with van der Waals surface area (Å²) in [6.07, 6.45) is 1.91. The molecule has 0 aliphatic rings. The first-order chi connectivity index (χ1) is 29.0. The molecule has 9 aromatic carbocycles. The zero-order chi connectivity index (χ0) is 39.6. The maximum atomic E-state index is 5.24. The van der Waals surface area contributed by atoms with E-state index in [0.29, 0.717) is 0 Å². The molecule has 0 spiro atoms. The van der Waals surface area contributed by atoms with Crippen LogP contribution >= 0.6 is 0 Å². The summed E-state index contributed by atoms with van der Waals surface area (Å²) in [5.41, 5.74) is 16.9. The zero-order valence-electron chi connectivity index (χ0n) is 33.2. The Morgan fingerprint density at radius 3 is 1.58 bits per heavy atom. The maximum Gasteiger partial charge on any atom is 0.0979 e. The van der Waals surface area contributed by atoms with Gasteiger partial charge in [0, 0.05) is 44.2 Å². The van der Waals surface area contributed by atoms with E-state index < -0.39 is 0 Å². The Labute approximate surface area is 343 Å². The van der Waals surface area contributed by atoms with Crippen LogP contribution in [0.2, 0.25) is 0 Å². The van der Waals surface area contributed by atoms with Crippen LogP contribution in [0.4, 0.5) is 17.1 Å². The second-order valence-electron chi connectivity index (χ2n) is 15.6. The van der Waals surface area contributed by atoms with Crippen LogP contribution in [0, 0.1) is 20.8 Å². The Morgan fingerprint density at radius 1 is 0.407 bits per heavy atom. The minimum atomic E-state index is 0.851. The van der Waals surface area contributed by atoms with Gasteiger partial charge in [-0.2, -0.15) is 0 Å². The number of rotatable bonds is 6. The number of benzene rings is 9. The van der Waals surface area contributed by atoms with Crippen LogP contribution in [0.5, 0.6) is 0 Å². The molecule has 11 aromatic rings. The van der Waals surface area contributed by atoms with E-state index >= 15 is 0 Å². The predicted octanol–water partition coefficient (Wildman–Crippen LogP) is 14.8. The fraction of sp³-hybridized carbons (Fsp3) is 0.0545. The summed E-state index contributed by atoms with van der Waals surface area (Å²) < 4.78 is 2.45. The van der Waals surface area contributed by atoms with Gasteiger partial charge < -0.3 is 9.47 Å². The monoisotopic (exact) mass is 756 g/mol. The van der Waals surface area contributed by atoms with Crippen molar-refractivity contribution in [3.05, 3.63) is 205 Å². The van der Waals surface area contributed by atoms with Crippen molar-refractivity contribution >= 4 is 71.4 Å². The molecule has 2 heterocycles. The molecule has 11 rings (SSSR count). The fourth-order valence-corrected chi connectivity index (χ4v) is 9.29. The molecule has 59 heavy (non-hydrogen) atoms. The number of aryl methyl sites for hydroxylation is 3. The summed E-state index contributed by atoms with van der Waals surface area (Å²) in [5, 5.41) is 7.14. The molecule has 0 atom stereocenters. The van der Waals surface area contributed by atoms with Gasteiger partial charge in [0.25, 0.3) is 0 Å². The molecule has 0 saturated carbocycles. The van der Waals surface area contributed by atoms with E-state index in [0.717, 1.165) is 50.1 Å². The summed E-state index contributed by atoms with van der Waals surface area (Å²) in [4.78, 5) is 12.6. The number of para-hydroxylation sites is 2. The standard InChI is InChI=1S/C55H40N4/c1-35-31-36(2)55(37(3)32-35)59-51-20-12-11-17-46(51)49-33-40(25-30-52(49)59)38-21-26-42(27-22-38)58(41-13-5-4-6-14-41)43-28-23-39(24-29-43)50-34-56-53-47-18-9-7-15-44(47)45-16-8-10-19-48(45)54(53)57-50/h4-34H,1-3H3. The largest absolute Gasteiger partial charge is 0.311 e. The van der Waals surface area contributed by atoms with E-state index in [4.69, 9.17) is 9.97 Å². The van der Waals surface area contributed by atoms with Crippen LogP contribution in [0.25, 0.3) is 82.5 Å². The van der Waals surface area contributed by atoms with Gasteiger partial charge in [0.05, 0.1) is 39.6 Å². The summed E-state index contributed by atoms with van der Waals surface area (Å²) in [6, 6.07) is 65.4. The maximum absolute atomic E-state index is 5.24. The van der Waals surface area contributed by atoms with Gasteiger partial charge in [0.15, 0.2) is 0 Å². The van der Waals surface area contributed by atoms with Crippen molar-refractivity contribution in [1.82, 2.24) is 14.5 Å². The second-order valence-corrected chi connectivity index (χ2v) is 15.6. The summed E-state index contributed by atoms with van der Waals surface area (Å²) in [7, 11) is 0.